The minimum absolute atomic E-state index is 0.0704. The minimum Gasteiger partial charge on any atom is -0.481 e. The largest absolute Gasteiger partial charge is 0.481 e. The van der Waals surface area contributed by atoms with Crippen LogP contribution >= 0.6 is 0 Å². The number of likely N-dealkylation sites (tertiary alicyclic amines) is 1. The lowest BCUT2D eigenvalue weighted by molar-refractivity contribution is -0.141. The number of aliphatic carboxylic acids is 1. The maximum absolute atomic E-state index is 13.0. The standard InChI is InChI=1S/C19H20N2O5S/c1-27(25,26)20-17-10-6-5-9-14(17)18(22)21-11-15(16(12-21)19(23)24)13-7-3-2-4-8-13/h2-10,15-16,20H,11-12H2,1H3,(H,23,24)/t15-,16-/m0/s1. The number of anilines is 1. The molecule has 0 aromatic heterocycles. The molecule has 3 rings (SSSR count). The van der Waals surface area contributed by atoms with Gasteiger partial charge in [0.15, 0.2) is 0 Å². The lowest BCUT2D eigenvalue weighted by Gasteiger charge is -2.19. The number of carboxylic acids is 1. The van der Waals surface area contributed by atoms with Gasteiger partial charge in [0.2, 0.25) is 10.0 Å². The quantitative estimate of drug-likeness (QED) is 0.815. The van der Waals surface area contributed by atoms with Crippen molar-refractivity contribution in [2.75, 3.05) is 24.1 Å². The number of nitrogens with one attached hydrogen (secondary N) is 1. The Balaban J connectivity index is 1.89. The first-order valence-corrected chi connectivity index (χ1v) is 10.3. The Morgan fingerprint density at radius 1 is 1.04 bits per heavy atom. The fourth-order valence-corrected chi connectivity index (χ4v) is 3.96. The van der Waals surface area contributed by atoms with Gasteiger partial charge in [-0.3, -0.25) is 14.3 Å². The van der Waals surface area contributed by atoms with Gasteiger partial charge in [-0.25, -0.2) is 8.42 Å². The predicted octanol–water partition coefficient (Wildman–Crippen LogP) is 2.00. The van der Waals surface area contributed by atoms with Gasteiger partial charge in [-0.05, 0) is 17.7 Å². The van der Waals surface area contributed by atoms with Crippen molar-refractivity contribution in [3.63, 3.8) is 0 Å². The van der Waals surface area contributed by atoms with Gasteiger partial charge in [0.1, 0.15) is 0 Å². The Hall–Kier alpha value is -2.87. The number of hydrogen-bond acceptors (Lipinski definition) is 4. The Morgan fingerprint density at radius 2 is 1.67 bits per heavy atom. The van der Waals surface area contributed by atoms with E-state index in [9.17, 15) is 23.1 Å². The molecule has 0 saturated carbocycles. The average Bonchev–Trinajstić information content (AvgIpc) is 3.07. The number of sulfonamides is 1. The molecule has 27 heavy (non-hydrogen) atoms. The molecule has 1 amide bonds. The van der Waals surface area contributed by atoms with Gasteiger partial charge in [-0.1, -0.05) is 42.5 Å². The Labute approximate surface area is 157 Å². The van der Waals surface area contributed by atoms with Gasteiger partial charge in [-0.2, -0.15) is 0 Å². The molecule has 0 radical (unpaired) electrons. The van der Waals surface area contributed by atoms with Gasteiger partial charge in [0.05, 0.1) is 23.4 Å². The molecule has 0 spiro atoms. The van der Waals surface area contributed by atoms with Crippen LogP contribution in [0.1, 0.15) is 21.8 Å². The molecular formula is C19H20N2O5S. The number of hydrogen-bond donors (Lipinski definition) is 2. The number of para-hydroxylation sites is 1. The smallest absolute Gasteiger partial charge is 0.308 e. The molecular weight excluding hydrogens is 368 g/mol. The monoisotopic (exact) mass is 388 g/mol. The van der Waals surface area contributed by atoms with Gasteiger partial charge in [0.25, 0.3) is 5.91 Å². The van der Waals surface area contributed by atoms with Gasteiger partial charge in [0, 0.05) is 19.0 Å². The van der Waals surface area contributed by atoms with Crippen LogP contribution in [-0.4, -0.2) is 49.6 Å². The summed E-state index contributed by atoms with van der Waals surface area (Å²) in [7, 11) is -3.55. The first-order valence-electron chi connectivity index (χ1n) is 8.40. The van der Waals surface area contributed by atoms with Crippen LogP contribution in [0.2, 0.25) is 0 Å². The Morgan fingerprint density at radius 3 is 2.30 bits per heavy atom. The van der Waals surface area contributed by atoms with Crippen molar-refractivity contribution in [3.05, 3.63) is 65.7 Å². The molecule has 142 valence electrons. The van der Waals surface area contributed by atoms with Crippen LogP contribution in [0.4, 0.5) is 5.69 Å². The van der Waals surface area contributed by atoms with E-state index in [0.717, 1.165) is 11.8 Å². The highest BCUT2D eigenvalue weighted by Crippen LogP contribution is 2.34. The van der Waals surface area contributed by atoms with E-state index in [1.165, 1.54) is 17.0 Å². The molecule has 1 aliphatic rings. The summed E-state index contributed by atoms with van der Waals surface area (Å²) in [6, 6.07) is 15.5. The number of carbonyl (C=O) groups is 2. The van der Waals surface area contributed by atoms with Crippen molar-refractivity contribution in [1.82, 2.24) is 4.90 Å². The lowest BCUT2D eigenvalue weighted by atomic mass is 9.89. The minimum atomic E-state index is -3.55. The first kappa shape index (κ1) is 18.9. The van der Waals surface area contributed by atoms with Crippen LogP contribution in [0.3, 0.4) is 0 Å². The van der Waals surface area contributed by atoms with E-state index >= 15 is 0 Å². The predicted molar refractivity (Wildman–Crippen MR) is 101 cm³/mol. The lowest BCUT2D eigenvalue weighted by Crippen LogP contribution is -2.30. The summed E-state index contributed by atoms with van der Waals surface area (Å²) in [4.78, 5) is 26.2. The van der Waals surface area contributed by atoms with Crippen LogP contribution < -0.4 is 4.72 Å². The third kappa shape index (κ3) is 4.28. The van der Waals surface area contributed by atoms with E-state index in [4.69, 9.17) is 0 Å². The highest BCUT2D eigenvalue weighted by molar-refractivity contribution is 7.92. The van der Waals surface area contributed by atoms with Gasteiger partial charge < -0.3 is 10.0 Å². The molecule has 1 aliphatic heterocycles. The van der Waals surface area contributed by atoms with Crippen molar-refractivity contribution in [1.29, 1.82) is 0 Å². The fourth-order valence-electron chi connectivity index (χ4n) is 3.39. The third-order valence-corrected chi connectivity index (χ3v) is 5.20. The fraction of sp³-hybridized carbons (Fsp3) is 0.263. The molecule has 2 N–H and O–H groups in total. The van der Waals surface area contributed by atoms with Crippen molar-refractivity contribution >= 4 is 27.6 Å². The second-order valence-corrected chi connectivity index (χ2v) is 8.34. The van der Waals surface area contributed by atoms with E-state index in [-0.39, 0.29) is 30.3 Å². The summed E-state index contributed by atoms with van der Waals surface area (Å²) >= 11 is 0. The van der Waals surface area contributed by atoms with Gasteiger partial charge in [-0.15, -0.1) is 0 Å². The van der Waals surface area contributed by atoms with E-state index in [0.29, 0.717) is 0 Å². The third-order valence-electron chi connectivity index (χ3n) is 4.60. The number of nitrogens with zero attached hydrogens (tertiary/aromatic N) is 1. The average molecular weight is 388 g/mol. The summed E-state index contributed by atoms with van der Waals surface area (Å²) in [5.41, 5.74) is 1.24. The van der Waals surface area contributed by atoms with E-state index in [1.807, 2.05) is 30.3 Å². The summed E-state index contributed by atoms with van der Waals surface area (Å²) < 4.78 is 25.5. The molecule has 1 fully saturated rings. The molecule has 0 bridgehead atoms. The number of carbonyl (C=O) groups excluding carboxylic acids is 1. The van der Waals surface area contributed by atoms with Crippen LogP contribution in [-0.2, 0) is 14.8 Å². The maximum Gasteiger partial charge on any atom is 0.308 e. The molecule has 8 heteroatoms. The summed E-state index contributed by atoms with van der Waals surface area (Å²) in [6.07, 6.45) is 1.01. The first-order chi connectivity index (χ1) is 12.8. The highest BCUT2D eigenvalue weighted by Gasteiger charge is 2.41. The number of amides is 1. The van der Waals surface area contributed by atoms with Crippen molar-refractivity contribution in [2.24, 2.45) is 5.92 Å². The number of carboxylic acid groups (broad SMARTS) is 1. The highest BCUT2D eigenvalue weighted by atomic mass is 32.2. The molecule has 1 heterocycles. The zero-order valence-electron chi connectivity index (χ0n) is 14.7. The molecule has 7 nitrogen and oxygen atoms in total. The van der Waals surface area contributed by atoms with E-state index in [1.54, 1.807) is 12.1 Å². The summed E-state index contributed by atoms with van der Waals surface area (Å²) in [5, 5.41) is 9.59. The summed E-state index contributed by atoms with van der Waals surface area (Å²) in [5.74, 6) is -2.39. The maximum atomic E-state index is 13.0. The number of benzene rings is 2. The van der Waals surface area contributed by atoms with Crippen molar-refractivity contribution < 1.29 is 23.1 Å². The van der Waals surface area contributed by atoms with E-state index < -0.39 is 27.8 Å². The van der Waals surface area contributed by atoms with Crippen LogP contribution in [0, 0.1) is 5.92 Å². The normalized spacial score (nSPS) is 19.7. The van der Waals surface area contributed by atoms with Crippen molar-refractivity contribution in [2.45, 2.75) is 5.92 Å². The summed E-state index contributed by atoms with van der Waals surface area (Å²) in [6.45, 7) is 0.327. The SMILES string of the molecule is CS(=O)(=O)Nc1ccccc1C(=O)N1C[C@H](C(=O)O)[C@H](c2ccccc2)C1. The Bertz CT molecular complexity index is 959. The van der Waals surface area contributed by atoms with Crippen LogP contribution in [0.15, 0.2) is 54.6 Å². The molecule has 0 unspecified atom stereocenters. The van der Waals surface area contributed by atoms with E-state index in [2.05, 4.69) is 4.72 Å². The van der Waals surface area contributed by atoms with Crippen LogP contribution in [0.5, 0.6) is 0 Å². The molecule has 2 atom stereocenters. The zero-order valence-corrected chi connectivity index (χ0v) is 15.5. The molecule has 2 aromatic carbocycles. The topological polar surface area (TPSA) is 104 Å². The number of rotatable bonds is 5. The van der Waals surface area contributed by atoms with Crippen molar-refractivity contribution in [3.8, 4) is 0 Å². The Kier molecular flexibility index (Phi) is 5.18. The van der Waals surface area contributed by atoms with Crippen LogP contribution in [0.25, 0.3) is 0 Å². The molecule has 2 aromatic rings. The second-order valence-electron chi connectivity index (χ2n) is 6.59. The molecule has 1 saturated heterocycles. The molecule has 0 aliphatic carbocycles. The second kappa shape index (κ2) is 7.40. The van der Waals surface area contributed by atoms with Gasteiger partial charge >= 0.3 is 5.97 Å². The zero-order chi connectivity index (χ0) is 19.6.